The molecule has 0 aliphatic carbocycles. The first-order valence-corrected chi connectivity index (χ1v) is 7.01. The molecule has 1 N–H and O–H groups in total. The minimum atomic E-state index is 0.610. The van der Waals surface area contributed by atoms with E-state index < -0.39 is 0 Å². The molecule has 1 rings (SSSR count). The Morgan fingerprint density at radius 1 is 1.21 bits per heavy atom. The third-order valence-corrected chi connectivity index (χ3v) is 3.21. The van der Waals surface area contributed by atoms with Crippen LogP contribution in [0.25, 0.3) is 0 Å². The molecular formula is C16H27N3. The molecule has 0 aliphatic rings. The van der Waals surface area contributed by atoms with E-state index in [4.69, 9.17) is 0 Å². The topological polar surface area (TPSA) is 27.6 Å². The molecule has 1 aromatic rings. The van der Waals surface area contributed by atoms with Gasteiger partial charge in [-0.1, -0.05) is 38.1 Å². The number of nitrogens with zero attached hydrogens (tertiary/aromatic N) is 2. The van der Waals surface area contributed by atoms with Crippen LogP contribution in [0.15, 0.2) is 29.3 Å². The van der Waals surface area contributed by atoms with Crippen molar-refractivity contribution in [1.29, 1.82) is 0 Å². The number of nitrogens with one attached hydrogen (secondary N) is 1. The molecule has 0 saturated heterocycles. The van der Waals surface area contributed by atoms with Gasteiger partial charge in [0.05, 0.1) is 0 Å². The van der Waals surface area contributed by atoms with Crippen LogP contribution in [0.1, 0.15) is 37.3 Å². The number of aryl methyl sites for hydroxylation is 1. The van der Waals surface area contributed by atoms with Crippen molar-refractivity contribution in [2.24, 2.45) is 4.99 Å². The van der Waals surface area contributed by atoms with E-state index in [1.54, 1.807) is 0 Å². The van der Waals surface area contributed by atoms with Crippen molar-refractivity contribution in [1.82, 2.24) is 10.2 Å². The van der Waals surface area contributed by atoms with Crippen LogP contribution in [0.4, 0.5) is 0 Å². The number of hydrogen-bond acceptors (Lipinski definition) is 1. The van der Waals surface area contributed by atoms with Crippen molar-refractivity contribution in [3.63, 3.8) is 0 Å². The molecule has 3 nitrogen and oxygen atoms in total. The van der Waals surface area contributed by atoms with Gasteiger partial charge in [-0.05, 0) is 29.9 Å². The van der Waals surface area contributed by atoms with E-state index in [1.165, 1.54) is 11.1 Å². The van der Waals surface area contributed by atoms with Gasteiger partial charge >= 0.3 is 0 Å². The highest BCUT2D eigenvalue weighted by Gasteiger charge is 2.01. The summed E-state index contributed by atoms with van der Waals surface area (Å²) in [5, 5.41) is 3.34. The molecule has 0 heterocycles. The van der Waals surface area contributed by atoms with Crippen LogP contribution in [-0.4, -0.2) is 38.5 Å². The van der Waals surface area contributed by atoms with Crippen molar-refractivity contribution in [2.75, 3.05) is 27.7 Å². The summed E-state index contributed by atoms with van der Waals surface area (Å²) in [6.07, 6.45) is 2.23. The second-order valence-corrected chi connectivity index (χ2v) is 5.37. The highest BCUT2D eigenvalue weighted by Crippen LogP contribution is 2.15. The van der Waals surface area contributed by atoms with Gasteiger partial charge in [-0.15, -0.1) is 0 Å². The first-order valence-electron chi connectivity index (χ1n) is 7.01. The maximum absolute atomic E-state index is 4.19. The molecule has 0 unspecified atom stereocenters. The lowest BCUT2D eigenvalue weighted by molar-refractivity contribution is 0.578. The molecule has 0 radical (unpaired) electrons. The van der Waals surface area contributed by atoms with Crippen molar-refractivity contribution >= 4 is 5.96 Å². The smallest absolute Gasteiger partial charge is 0.193 e. The van der Waals surface area contributed by atoms with Gasteiger partial charge < -0.3 is 10.2 Å². The van der Waals surface area contributed by atoms with E-state index in [9.17, 15) is 0 Å². The molecule has 0 aliphatic heterocycles. The summed E-state index contributed by atoms with van der Waals surface area (Å²) < 4.78 is 0. The Balaban J connectivity index is 2.33. The van der Waals surface area contributed by atoms with Gasteiger partial charge in [-0.2, -0.15) is 0 Å². The first kappa shape index (κ1) is 15.5. The van der Waals surface area contributed by atoms with Gasteiger partial charge in [0.2, 0.25) is 0 Å². The molecule has 0 bridgehead atoms. The predicted molar refractivity (Wildman–Crippen MR) is 83.9 cm³/mol. The maximum Gasteiger partial charge on any atom is 0.193 e. The number of rotatable bonds is 5. The standard InChI is InChI=1S/C16H27N3/c1-13(2)15-10-8-14(9-11-15)7-6-12-18-16(17-3)19(4)5/h8-11,13H,6-7,12H2,1-5H3,(H,17,18). The summed E-state index contributed by atoms with van der Waals surface area (Å²) in [6.45, 7) is 5.41. The molecule has 106 valence electrons. The Bertz CT molecular complexity index is 391. The molecule has 0 fully saturated rings. The largest absolute Gasteiger partial charge is 0.356 e. The van der Waals surface area contributed by atoms with Crippen LogP contribution >= 0.6 is 0 Å². The molecule has 0 spiro atoms. The fourth-order valence-electron chi connectivity index (χ4n) is 2.00. The number of benzene rings is 1. The molecule has 1 aromatic carbocycles. The van der Waals surface area contributed by atoms with Gasteiger partial charge in [-0.3, -0.25) is 4.99 Å². The highest BCUT2D eigenvalue weighted by atomic mass is 15.3. The van der Waals surface area contributed by atoms with Gasteiger partial charge in [0.1, 0.15) is 0 Å². The number of guanidine groups is 1. The quantitative estimate of drug-likeness (QED) is 0.501. The summed E-state index contributed by atoms with van der Waals surface area (Å²) in [5.74, 6) is 1.55. The van der Waals surface area contributed by atoms with Crippen LogP contribution in [0.5, 0.6) is 0 Å². The molecule has 19 heavy (non-hydrogen) atoms. The molecule has 0 saturated carbocycles. The average Bonchev–Trinajstić information content (AvgIpc) is 2.38. The maximum atomic E-state index is 4.19. The summed E-state index contributed by atoms with van der Waals surface area (Å²) in [6, 6.07) is 8.98. The minimum absolute atomic E-state index is 0.610. The first-order chi connectivity index (χ1) is 9.04. The van der Waals surface area contributed by atoms with Crippen LogP contribution in [0, 0.1) is 0 Å². The van der Waals surface area contributed by atoms with Crippen LogP contribution in [0.2, 0.25) is 0 Å². The van der Waals surface area contributed by atoms with Crippen molar-refractivity contribution in [3.8, 4) is 0 Å². The second-order valence-electron chi connectivity index (χ2n) is 5.37. The Morgan fingerprint density at radius 2 is 1.84 bits per heavy atom. The fraction of sp³-hybridized carbons (Fsp3) is 0.562. The summed E-state index contributed by atoms with van der Waals surface area (Å²) >= 11 is 0. The van der Waals surface area contributed by atoms with Gasteiger partial charge in [0.25, 0.3) is 0 Å². The highest BCUT2D eigenvalue weighted by molar-refractivity contribution is 5.79. The van der Waals surface area contributed by atoms with Crippen molar-refractivity contribution in [2.45, 2.75) is 32.6 Å². The summed E-state index contributed by atoms with van der Waals surface area (Å²) in [5.41, 5.74) is 2.82. The van der Waals surface area contributed by atoms with E-state index >= 15 is 0 Å². The van der Waals surface area contributed by atoms with E-state index in [-0.39, 0.29) is 0 Å². The average molecular weight is 261 g/mol. The molecular weight excluding hydrogens is 234 g/mol. The lowest BCUT2D eigenvalue weighted by Crippen LogP contribution is -2.36. The third-order valence-electron chi connectivity index (χ3n) is 3.21. The molecule has 3 heteroatoms. The zero-order valence-corrected chi connectivity index (χ0v) is 12.9. The fourth-order valence-corrected chi connectivity index (χ4v) is 2.00. The Morgan fingerprint density at radius 3 is 2.32 bits per heavy atom. The number of hydrogen-bond donors (Lipinski definition) is 1. The lowest BCUT2D eigenvalue weighted by Gasteiger charge is -2.16. The summed E-state index contributed by atoms with van der Waals surface area (Å²) in [4.78, 5) is 6.19. The third kappa shape index (κ3) is 5.33. The SMILES string of the molecule is CN=C(NCCCc1ccc(C(C)C)cc1)N(C)C. The van der Waals surface area contributed by atoms with E-state index in [2.05, 4.69) is 48.4 Å². The lowest BCUT2D eigenvalue weighted by atomic mass is 10.0. The van der Waals surface area contributed by atoms with Crippen LogP contribution in [0.3, 0.4) is 0 Å². The molecule has 0 atom stereocenters. The Kier molecular flexibility index (Phi) is 6.40. The zero-order valence-electron chi connectivity index (χ0n) is 12.9. The van der Waals surface area contributed by atoms with Gasteiger partial charge in [0.15, 0.2) is 5.96 Å². The Labute approximate surface area is 117 Å². The normalized spacial score (nSPS) is 11.8. The Hall–Kier alpha value is -1.51. The van der Waals surface area contributed by atoms with E-state index in [0.29, 0.717) is 5.92 Å². The summed E-state index contributed by atoms with van der Waals surface area (Å²) in [7, 11) is 5.81. The predicted octanol–water partition coefficient (Wildman–Crippen LogP) is 2.88. The second kappa shape index (κ2) is 7.82. The molecule has 0 aromatic heterocycles. The minimum Gasteiger partial charge on any atom is -0.356 e. The van der Waals surface area contributed by atoms with Gasteiger partial charge in [-0.25, -0.2) is 0 Å². The monoisotopic (exact) mass is 261 g/mol. The van der Waals surface area contributed by atoms with E-state index in [1.807, 2.05) is 26.0 Å². The van der Waals surface area contributed by atoms with E-state index in [0.717, 1.165) is 25.3 Å². The number of aliphatic imine (C=N–C) groups is 1. The van der Waals surface area contributed by atoms with Crippen molar-refractivity contribution in [3.05, 3.63) is 35.4 Å². The molecule has 0 amide bonds. The zero-order chi connectivity index (χ0) is 14.3. The van der Waals surface area contributed by atoms with Gasteiger partial charge in [0, 0.05) is 27.7 Å². The van der Waals surface area contributed by atoms with Crippen LogP contribution in [-0.2, 0) is 6.42 Å². The van der Waals surface area contributed by atoms with Crippen molar-refractivity contribution < 1.29 is 0 Å². The van der Waals surface area contributed by atoms with Crippen LogP contribution < -0.4 is 5.32 Å².